The van der Waals surface area contributed by atoms with Gasteiger partial charge in [-0.3, -0.25) is 4.79 Å². The third-order valence-electron chi connectivity index (χ3n) is 4.56. The van der Waals surface area contributed by atoms with Crippen molar-refractivity contribution in [2.45, 2.75) is 25.2 Å². The maximum atomic E-state index is 12.8. The summed E-state index contributed by atoms with van der Waals surface area (Å²) in [5.41, 5.74) is 0.403. The molecule has 1 N–H and O–H groups in total. The van der Waals surface area contributed by atoms with Gasteiger partial charge in [-0.15, -0.1) is 0 Å². The Kier molecular flexibility index (Phi) is 5.31. The van der Waals surface area contributed by atoms with E-state index in [1.807, 2.05) is 13.8 Å². The van der Waals surface area contributed by atoms with Crippen LogP contribution in [0, 0.1) is 11.8 Å². The molecule has 138 valence electrons. The number of sulfonamides is 1. The lowest BCUT2D eigenvalue weighted by Gasteiger charge is -2.26. The van der Waals surface area contributed by atoms with E-state index in [0.29, 0.717) is 50.3 Å². The molecule has 2 aliphatic rings. The van der Waals surface area contributed by atoms with E-state index in [-0.39, 0.29) is 16.7 Å². The van der Waals surface area contributed by atoms with Crippen LogP contribution in [0.3, 0.4) is 0 Å². The minimum atomic E-state index is -3.62. The number of hydrogen-bond acceptors (Lipinski definition) is 5. The normalized spacial score (nSPS) is 23.9. The lowest BCUT2D eigenvalue weighted by atomic mass is 10.2. The third-order valence-corrected chi connectivity index (χ3v) is 6.46. The Morgan fingerprint density at radius 2 is 2.04 bits per heavy atom. The first kappa shape index (κ1) is 18.2. The van der Waals surface area contributed by atoms with Crippen molar-refractivity contribution >= 4 is 21.6 Å². The summed E-state index contributed by atoms with van der Waals surface area (Å²) in [7, 11) is -3.62. The van der Waals surface area contributed by atoms with E-state index < -0.39 is 10.0 Å². The molecule has 1 aromatic rings. The van der Waals surface area contributed by atoms with Gasteiger partial charge < -0.3 is 14.8 Å². The number of anilines is 1. The lowest BCUT2D eigenvalue weighted by Crippen LogP contribution is -2.40. The van der Waals surface area contributed by atoms with Gasteiger partial charge in [0.1, 0.15) is 5.75 Å². The summed E-state index contributed by atoms with van der Waals surface area (Å²) in [6.07, 6.45) is 0.863. The quantitative estimate of drug-likeness (QED) is 0.826. The Labute approximate surface area is 148 Å². The molecule has 1 saturated carbocycles. The van der Waals surface area contributed by atoms with Crippen molar-refractivity contribution in [2.75, 3.05) is 38.2 Å². The van der Waals surface area contributed by atoms with Crippen molar-refractivity contribution in [3.8, 4) is 5.75 Å². The van der Waals surface area contributed by atoms with Crippen LogP contribution in [0.1, 0.15) is 20.3 Å². The van der Waals surface area contributed by atoms with Crippen molar-refractivity contribution in [1.82, 2.24) is 4.31 Å². The Bertz CT molecular complexity index is 743. The minimum Gasteiger partial charge on any atom is -0.492 e. The van der Waals surface area contributed by atoms with Crippen molar-refractivity contribution in [1.29, 1.82) is 0 Å². The number of nitrogens with zero attached hydrogens (tertiary/aromatic N) is 1. The molecule has 3 rings (SSSR count). The smallest absolute Gasteiger partial charge is 0.243 e. The fourth-order valence-corrected chi connectivity index (χ4v) is 4.33. The van der Waals surface area contributed by atoms with Crippen molar-refractivity contribution in [3.05, 3.63) is 18.2 Å². The maximum Gasteiger partial charge on any atom is 0.243 e. The molecule has 2 fully saturated rings. The molecular formula is C17H24N2O5S. The van der Waals surface area contributed by atoms with Crippen LogP contribution in [0.2, 0.25) is 0 Å². The van der Waals surface area contributed by atoms with E-state index in [1.54, 1.807) is 6.07 Å². The number of ether oxygens (including phenoxy) is 2. The zero-order chi connectivity index (χ0) is 18.0. The van der Waals surface area contributed by atoms with E-state index >= 15 is 0 Å². The predicted octanol–water partition coefficient (Wildman–Crippen LogP) is 1.70. The molecule has 2 atom stereocenters. The molecular weight excluding hydrogens is 344 g/mol. The molecule has 0 spiro atoms. The van der Waals surface area contributed by atoms with Crippen molar-refractivity contribution < 1.29 is 22.7 Å². The summed E-state index contributed by atoms with van der Waals surface area (Å²) in [6.45, 7) is 5.73. The first-order chi connectivity index (χ1) is 11.9. The van der Waals surface area contributed by atoms with Gasteiger partial charge in [0.15, 0.2) is 0 Å². The Morgan fingerprint density at radius 1 is 1.36 bits per heavy atom. The van der Waals surface area contributed by atoms with E-state index in [9.17, 15) is 13.2 Å². The van der Waals surface area contributed by atoms with Gasteiger partial charge in [0, 0.05) is 19.0 Å². The van der Waals surface area contributed by atoms with Gasteiger partial charge in [-0.05, 0) is 37.5 Å². The molecule has 0 bridgehead atoms. The highest BCUT2D eigenvalue weighted by molar-refractivity contribution is 7.89. The second kappa shape index (κ2) is 7.31. The van der Waals surface area contributed by atoms with Crippen molar-refractivity contribution in [2.24, 2.45) is 11.8 Å². The average molecular weight is 368 g/mol. The van der Waals surface area contributed by atoms with Crippen LogP contribution in [-0.2, 0) is 19.6 Å². The molecule has 1 aromatic carbocycles. The summed E-state index contributed by atoms with van der Waals surface area (Å²) in [6, 6.07) is 4.61. The van der Waals surface area contributed by atoms with Gasteiger partial charge in [0.2, 0.25) is 15.9 Å². The predicted molar refractivity (Wildman–Crippen MR) is 93.1 cm³/mol. The molecule has 7 nitrogen and oxygen atoms in total. The van der Waals surface area contributed by atoms with Gasteiger partial charge in [-0.1, -0.05) is 6.92 Å². The second-order valence-corrected chi connectivity index (χ2v) is 8.35. The molecule has 1 aliphatic heterocycles. The van der Waals surface area contributed by atoms with Crippen LogP contribution in [0.25, 0.3) is 0 Å². The monoisotopic (exact) mass is 368 g/mol. The van der Waals surface area contributed by atoms with Crippen LogP contribution in [0.5, 0.6) is 5.75 Å². The average Bonchev–Trinajstić information content (AvgIpc) is 3.34. The van der Waals surface area contributed by atoms with E-state index in [1.165, 1.54) is 16.4 Å². The zero-order valence-corrected chi connectivity index (χ0v) is 15.3. The van der Waals surface area contributed by atoms with E-state index in [0.717, 1.165) is 6.42 Å². The van der Waals surface area contributed by atoms with Gasteiger partial charge in [-0.2, -0.15) is 4.31 Å². The molecule has 2 unspecified atom stereocenters. The summed E-state index contributed by atoms with van der Waals surface area (Å²) in [4.78, 5) is 12.4. The number of amides is 1. The number of nitrogens with one attached hydrogen (secondary N) is 1. The zero-order valence-electron chi connectivity index (χ0n) is 14.5. The molecule has 8 heteroatoms. The summed E-state index contributed by atoms with van der Waals surface area (Å²) in [5.74, 6) is 0.754. The lowest BCUT2D eigenvalue weighted by molar-refractivity contribution is -0.117. The largest absolute Gasteiger partial charge is 0.492 e. The van der Waals surface area contributed by atoms with E-state index in [2.05, 4.69) is 5.32 Å². The molecule has 0 radical (unpaired) electrons. The highest BCUT2D eigenvalue weighted by atomic mass is 32.2. The topological polar surface area (TPSA) is 84.9 Å². The van der Waals surface area contributed by atoms with Crippen LogP contribution in [-0.4, -0.2) is 51.5 Å². The fraction of sp³-hybridized carbons (Fsp3) is 0.588. The van der Waals surface area contributed by atoms with E-state index in [4.69, 9.17) is 9.47 Å². The Morgan fingerprint density at radius 3 is 2.64 bits per heavy atom. The molecule has 0 aromatic heterocycles. The Hall–Kier alpha value is -1.64. The standard InChI is InChI=1S/C17H24N2O5S/c1-3-24-16-5-4-13(25(21,22)19-6-8-23-9-7-19)11-15(16)18-17(20)14-10-12(14)2/h4-5,11-12,14H,3,6-10H2,1-2H3,(H,18,20). The molecule has 1 saturated heterocycles. The number of benzene rings is 1. The van der Waals surface area contributed by atoms with Crippen LogP contribution in [0.15, 0.2) is 23.1 Å². The van der Waals surface area contributed by atoms with Gasteiger partial charge in [0.05, 0.1) is 30.4 Å². The summed E-state index contributed by atoms with van der Waals surface area (Å²) < 4.78 is 37.8. The highest BCUT2D eigenvalue weighted by Gasteiger charge is 2.39. The van der Waals surface area contributed by atoms with Gasteiger partial charge in [0.25, 0.3) is 0 Å². The molecule has 25 heavy (non-hydrogen) atoms. The highest BCUT2D eigenvalue weighted by Crippen LogP contribution is 2.39. The Balaban J connectivity index is 1.87. The number of rotatable bonds is 6. The number of hydrogen-bond donors (Lipinski definition) is 1. The van der Waals surface area contributed by atoms with Crippen LogP contribution in [0.4, 0.5) is 5.69 Å². The minimum absolute atomic E-state index is 0.00557. The number of carbonyl (C=O) groups is 1. The SMILES string of the molecule is CCOc1ccc(S(=O)(=O)N2CCOCC2)cc1NC(=O)C1CC1C. The molecule has 1 heterocycles. The maximum absolute atomic E-state index is 12.8. The van der Waals surface area contributed by atoms with Crippen LogP contribution >= 0.6 is 0 Å². The first-order valence-corrected chi connectivity index (χ1v) is 10.0. The number of morpholine rings is 1. The molecule has 1 amide bonds. The van der Waals surface area contributed by atoms with Gasteiger partial charge in [-0.25, -0.2) is 8.42 Å². The first-order valence-electron chi connectivity index (χ1n) is 8.59. The summed E-state index contributed by atoms with van der Waals surface area (Å²) >= 11 is 0. The van der Waals surface area contributed by atoms with Crippen molar-refractivity contribution in [3.63, 3.8) is 0 Å². The third kappa shape index (κ3) is 3.96. The second-order valence-electron chi connectivity index (χ2n) is 6.42. The van der Waals surface area contributed by atoms with Crippen LogP contribution < -0.4 is 10.1 Å². The summed E-state index contributed by atoms with van der Waals surface area (Å²) in [5, 5.41) is 2.83. The molecule has 1 aliphatic carbocycles. The number of carbonyl (C=O) groups excluding carboxylic acids is 1. The van der Waals surface area contributed by atoms with Gasteiger partial charge >= 0.3 is 0 Å². The fourth-order valence-electron chi connectivity index (χ4n) is 2.90.